The van der Waals surface area contributed by atoms with Crippen LogP contribution in [-0.4, -0.2) is 28.8 Å². The lowest BCUT2D eigenvalue weighted by Crippen LogP contribution is -2.29. The van der Waals surface area contributed by atoms with Crippen LogP contribution >= 0.6 is 0 Å². The molecular weight excluding hydrogens is 301 g/mol. The molecule has 0 fully saturated rings. The van der Waals surface area contributed by atoms with E-state index >= 15 is 0 Å². The van der Waals surface area contributed by atoms with E-state index in [2.05, 4.69) is 17.1 Å². The third-order valence-electron chi connectivity index (χ3n) is 4.00. The van der Waals surface area contributed by atoms with E-state index < -0.39 is 7.12 Å². The number of pyridine rings is 1. The SMILES string of the molecule is OB(O)c1ccc2c(CCCOCc3ccccc3)ccnc2c1. The van der Waals surface area contributed by atoms with E-state index in [1.807, 2.05) is 30.3 Å². The molecule has 1 aromatic heterocycles. The van der Waals surface area contributed by atoms with Gasteiger partial charge in [-0.05, 0) is 41.6 Å². The van der Waals surface area contributed by atoms with Crippen LogP contribution in [0.2, 0.25) is 0 Å². The predicted molar refractivity (Wildman–Crippen MR) is 96.0 cm³/mol. The van der Waals surface area contributed by atoms with Gasteiger partial charge in [0.25, 0.3) is 0 Å². The van der Waals surface area contributed by atoms with Crippen molar-refractivity contribution in [3.63, 3.8) is 0 Å². The highest BCUT2D eigenvalue weighted by Gasteiger charge is 2.12. The zero-order valence-electron chi connectivity index (χ0n) is 13.4. The summed E-state index contributed by atoms with van der Waals surface area (Å²) >= 11 is 0. The molecule has 3 aromatic rings. The first kappa shape index (κ1) is 16.6. The Morgan fingerprint density at radius 1 is 1.00 bits per heavy atom. The summed E-state index contributed by atoms with van der Waals surface area (Å²) in [4.78, 5) is 4.32. The minimum Gasteiger partial charge on any atom is -0.423 e. The molecule has 0 atom stereocenters. The monoisotopic (exact) mass is 321 g/mol. The Morgan fingerprint density at radius 3 is 2.62 bits per heavy atom. The molecule has 0 saturated heterocycles. The van der Waals surface area contributed by atoms with Crippen molar-refractivity contribution in [1.82, 2.24) is 4.98 Å². The number of benzene rings is 2. The molecule has 2 aromatic carbocycles. The normalized spacial score (nSPS) is 10.9. The third-order valence-corrected chi connectivity index (χ3v) is 4.00. The van der Waals surface area contributed by atoms with E-state index in [1.165, 1.54) is 11.1 Å². The van der Waals surface area contributed by atoms with Crippen LogP contribution < -0.4 is 5.46 Å². The molecule has 5 heteroatoms. The molecule has 1 heterocycles. The van der Waals surface area contributed by atoms with Crippen LogP contribution in [0.5, 0.6) is 0 Å². The first-order valence-electron chi connectivity index (χ1n) is 8.09. The molecule has 0 aliphatic heterocycles. The molecule has 2 N–H and O–H groups in total. The average Bonchev–Trinajstić information content (AvgIpc) is 2.62. The van der Waals surface area contributed by atoms with Crippen LogP contribution in [0.4, 0.5) is 0 Å². The summed E-state index contributed by atoms with van der Waals surface area (Å²) in [5, 5.41) is 19.6. The maximum Gasteiger partial charge on any atom is 0.488 e. The Kier molecular flexibility index (Phi) is 5.59. The highest BCUT2D eigenvalue weighted by Crippen LogP contribution is 2.17. The number of nitrogens with zero attached hydrogens (tertiary/aromatic N) is 1. The van der Waals surface area contributed by atoms with E-state index in [4.69, 9.17) is 4.74 Å². The molecule has 4 nitrogen and oxygen atoms in total. The van der Waals surface area contributed by atoms with Crippen molar-refractivity contribution in [1.29, 1.82) is 0 Å². The summed E-state index contributed by atoms with van der Waals surface area (Å²) in [7, 11) is -1.47. The lowest BCUT2D eigenvalue weighted by molar-refractivity contribution is 0.119. The zero-order chi connectivity index (χ0) is 16.8. The van der Waals surface area contributed by atoms with Crippen LogP contribution in [0, 0.1) is 0 Å². The number of ether oxygens (including phenoxy) is 1. The number of hydrogen-bond donors (Lipinski definition) is 2. The van der Waals surface area contributed by atoms with Crippen molar-refractivity contribution < 1.29 is 14.8 Å². The summed E-state index contributed by atoms with van der Waals surface area (Å²) in [6, 6.07) is 17.5. The van der Waals surface area contributed by atoms with Gasteiger partial charge >= 0.3 is 7.12 Å². The second-order valence-corrected chi connectivity index (χ2v) is 5.76. The van der Waals surface area contributed by atoms with Gasteiger partial charge in [-0.15, -0.1) is 0 Å². The van der Waals surface area contributed by atoms with E-state index in [0.717, 1.165) is 23.7 Å². The molecule has 0 spiro atoms. The molecule has 24 heavy (non-hydrogen) atoms. The maximum atomic E-state index is 9.26. The fraction of sp³-hybridized carbons (Fsp3) is 0.211. The van der Waals surface area contributed by atoms with E-state index in [0.29, 0.717) is 18.7 Å². The number of rotatable bonds is 7. The minimum absolute atomic E-state index is 0.457. The van der Waals surface area contributed by atoms with Crippen molar-refractivity contribution in [3.8, 4) is 0 Å². The largest absolute Gasteiger partial charge is 0.488 e. The lowest BCUT2D eigenvalue weighted by atomic mass is 9.79. The molecule has 0 aliphatic carbocycles. The molecule has 0 saturated carbocycles. The Balaban J connectivity index is 1.57. The van der Waals surface area contributed by atoms with Gasteiger partial charge in [0.05, 0.1) is 12.1 Å². The number of aryl methyl sites for hydroxylation is 1. The molecule has 0 amide bonds. The van der Waals surface area contributed by atoms with Gasteiger partial charge < -0.3 is 14.8 Å². The first-order chi connectivity index (χ1) is 11.7. The fourth-order valence-corrected chi connectivity index (χ4v) is 2.73. The van der Waals surface area contributed by atoms with Crippen molar-refractivity contribution in [3.05, 3.63) is 71.9 Å². The Morgan fingerprint density at radius 2 is 1.83 bits per heavy atom. The van der Waals surface area contributed by atoms with Crippen LogP contribution in [0.3, 0.4) is 0 Å². The van der Waals surface area contributed by atoms with E-state index in [1.54, 1.807) is 18.3 Å². The maximum absolute atomic E-state index is 9.26. The highest BCUT2D eigenvalue weighted by atomic mass is 16.5. The second-order valence-electron chi connectivity index (χ2n) is 5.76. The third kappa shape index (κ3) is 4.20. The molecule has 122 valence electrons. The van der Waals surface area contributed by atoms with Gasteiger partial charge in [-0.1, -0.05) is 42.5 Å². The highest BCUT2D eigenvalue weighted by molar-refractivity contribution is 6.58. The smallest absolute Gasteiger partial charge is 0.423 e. The Hall–Kier alpha value is -2.21. The first-order valence-corrected chi connectivity index (χ1v) is 8.09. The van der Waals surface area contributed by atoms with Crippen molar-refractivity contribution in [2.75, 3.05) is 6.61 Å². The fourth-order valence-electron chi connectivity index (χ4n) is 2.73. The number of aromatic nitrogens is 1. The predicted octanol–water partition coefficient (Wildman–Crippen LogP) is 2.06. The molecular formula is C19H20BNO3. The summed E-state index contributed by atoms with van der Waals surface area (Å²) in [6.45, 7) is 1.34. The molecule has 0 aliphatic rings. The zero-order valence-corrected chi connectivity index (χ0v) is 13.4. The van der Waals surface area contributed by atoms with Crippen molar-refractivity contribution in [2.45, 2.75) is 19.4 Å². The molecule has 0 unspecified atom stereocenters. The quantitative estimate of drug-likeness (QED) is 0.516. The van der Waals surface area contributed by atoms with Gasteiger partial charge in [-0.2, -0.15) is 0 Å². The number of fused-ring (bicyclic) bond motifs is 1. The summed E-state index contributed by atoms with van der Waals surface area (Å²) in [5.41, 5.74) is 3.62. The second kappa shape index (κ2) is 8.06. The standard InChI is InChI=1S/C19H20BNO3/c22-20(23)17-8-9-18-16(10-11-21-19(18)13-17)7-4-12-24-14-15-5-2-1-3-6-15/h1-3,5-6,8-11,13,22-23H,4,7,12,14H2. The molecule has 3 rings (SSSR count). The minimum atomic E-state index is -1.47. The average molecular weight is 321 g/mol. The topological polar surface area (TPSA) is 62.6 Å². The lowest BCUT2D eigenvalue weighted by Gasteiger charge is -2.08. The van der Waals surface area contributed by atoms with E-state index in [9.17, 15) is 10.0 Å². The molecule has 0 bridgehead atoms. The van der Waals surface area contributed by atoms with Gasteiger partial charge in [-0.25, -0.2) is 0 Å². The number of hydrogen-bond acceptors (Lipinski definition) is 4. The van der Waals surface area contributed by atoms with Gasteiger partial charge in [0.2, 0.25) is 0 Å². The van der Waals surface area contributed by atoms with Gasteiger partial charge in [0.1, 0.15) is 0 Å². The Bertz CT molecular complexity index is 793. The summed E-state index contributed by atoms with van der Waals surface area (Å²) < 4.78 is 5.72. The van der Waals surface area contributed by atoms with Gasteiger partial charge in [0, 0.05) is 18.2 Å². The van der Waals surface area contributed by atoms with Gasteiger partial charge in [-0.3, -0.25) is 4.98 Å². The summed E-state index contributed by atoms with van der Waals surface area (Å²) in [6.07, 6.45) is 3.58. The summed E-state index contributed by atoms with van der Waals surface area (Å²) in [5.74, 6) is 0. The van der Waals surface area contributed by atoms with Crippen LogP contribution in [0.15, 0.2) is 60.8 Å². The van der Waals surface area contributed by atoms with Gasteiger partial charge in [0.15, 0.2) is 0 Å². The van der Waals surface area contributed by atoms with Crippen molar-refractivity contribution >= 4 is 23.5 Å². The van der Waals surface area contributed by atoms with E-state index in [-0.39, 0.29) is 0 Å². The Labute approximate surface area is 141 Å². The molecule has 0 radical (unpaired) electrons. The van der Waals surface area contributed by atoms with Crippen LogP contribution in [-0.2, 0) is 17.8 Å². The van der Waals surface area contributed by atoms with Crippen LogP contribution in [0.25, 0.3) is 10.9 Å². The van der Waals surface area contributed by atoms with Crippen molar-refractivity contribution in [2.24, 2.45) is 0 Å². The van der Waals surface area contributed by atoms with Crippen LogP contribution in [0.1, 0.15) is 17.5 Å².